The van der Waals surface area contributed by atoms with Crippen LogP contribution in [0.15, 0.2) is 0 Å². The third kappa shape index (κ3) is 3.42. The highest BCUT2D eigenvalue weighted by Crippen LogP contribution is 2.19. The van der Waals surface area contributed by atoms with Crippen LogP contribution in [0.4, 0.5) is 0 Å². The molecule has 2 heterocycles. The van der Waals surface area contributed by atoms with E-state index in [0.29, 0.717) is 5.92 Å². The molecule has 0 bridgehead atoms. The molecular formula is C12H24N2O2. The van der Waals surface area contributed by atoms with Crippen LogP contribution in [-0.2, 0) is 0 Å². The number of likely N-dealkylation sites (tertiary alicyclic amines) is 2. The Morgan fingerprint density at radius 2 is 1.75 bits per heavy atom. The first-order valence-electron chi connectivity index (χ1n) is 6.40. The summed E-state index contributed by atoms with van der Waals surface area (Å²) in [6.45, 7) is 5.01. The number of aliphatic hydroxyl groups is 2. The number of β-amino-alcohol motifs (C(OH)–C–C–N with tert-alkyl or cyclic N) is 1. The lowest BCUT2D eigenvalue weighted by atomic mass is 9.95. The lowest BCUT2D eigenvalue weighted by Gasteiger charge is -2.38. The first kappa shape index (κ1) is 12.3. The molecule has 0 amide bonds. The molecule has 2 aliphatic heterocycles. The average Bonchev–Trinajstić information content (AvgIpc) is 2.20. The second kappa shape index (κ2) is 5.45. The monoisotopic (exact) mass is 228 g/mol. The quantitative estimate of drug-likeness (QED) is 0.684. The topological polar surface area (TPSA) is 46.9 Å². The third-order valence-electron chi connectivity index (χ3n) is 3.77. The van der Waals surface area contributed by atoms with Gasteiger partial charge in [0.1, 0.15) is 0 Å². The van der Waals surface area contributed by atoms with Gasteiger partial charge in [-0.25, -0.2) is 0 Å². The van der Waals surface area contributed by atoms with Crippen molar-refractivity contribution in [3.63, 3.8) is 0 Å². The molecule has 2 unspecified atom stereocenters. The van der Waals surface area contributed by atoms with Gasteiger partial charge in [-0.15, -0.1) is 0 Å². The van der Waals surface area contributed by atoms with Crippen LogP contribution in [0.1, 0.15) is 19.3 Å². The number of aliphatic hydroxyl groups excluding tert-OH is 2. The molecule has 0 saturated carbocycles. The highest BCUT2D eigenvalue weighted by Gasteiger charge is 2.26. The molecule has 94 valence electrons. The zero-order valence-corrected chi connectivity index (χ0v) is 10.2. The molecule has 0 spiro atoms. The van der Waals surface area contributed by atoms with Crippen LogP contribution < -0.4 is 0 Å². The van der Waals surface area contributed by atoms with Crippen molar-refractivity contribution >= 4 is 0 Å². The number of hydrogen-bond acceptors (Lipinski definition) is 4. The zero-order valence-electron chi connectivity index (χ0n) is 10.2. The number of nitrogens with zero attached hydrogens (tertiary/aromatic N) is 2. The Kier molecular flexibility index (Phi) is 4.19. The normalized spacial score (nSPS) is 35.4. The highest BCUT2D eigenvalue weighted by atomic mass is 16.3. The van der Waals surface area contributed by atoms with Gasteiger partial charge in [0.2, 0.25) is 0 Å². The van der Waals surface area contributed by atoms with Crippen LogP contribution in [0, 0.1) is 5.92 Å². The van der Waals surface area contributed by atoms with Crippen molar-refractivity contribution in [2.45, 2.75) is 31.5 Å². The van der Waals surface area contributed by atoms with Crippen molar-refractivity contribution in [3.05, 3.63) is 0 Å². The van der Waals surface area contributed by atoms with E-state index >= 15 is 0 Å². The Morgan fingerprint density at radius 1 is 1.06 bits per heavy atom. The lowest BCUT2D eigenvalue weighted by molar-refractivity contribution is 0.0255. The minimum Gasteiger partial charge on any atom is -0.393 e. The van der Waals surface area contributed by atoms with Gasteiger partial charge in [0.05, 0.1) is 12.2 Å². The second-order valence-electron chi connectivity index (χ2n) is 5.51. The predicted molar refractivity (Wildman–Crippen MR) is 63.3 cm³/mol. The maximum atomic E-state index is 9.72. The third-order valence-corrected chi connectivity index (χ3v) is 3.77. The Bertz CT molecular complexity index is 207. The van der Waals surface area contributed by atoms with Gasteiger partial charge in [-0.1, -0.05) is 0 Å². The average molecular weight is 228 g/mol. The van der Waals surface area contributed by atoms with Crippen LogP contribution in [0.3, 0.4) is 0 Å². The molecule has 0 aromatic heterocycles. The summed E-state index contributed by atoms with van der Waals surface area (Å²) in [5, 5.41) is 19.2. The molecule has 0 radical (unpaired) electrons. The van der Waals surface area contributed by atoms with E-state index in [1.165, 1.54) is 0 Å². The summed E-state index contributed by atoms with van der Waals surface area (Å²) in [5.74, 6) is 0.587. The van der Waals surface area contributed by atoms with Crippen LogP contribution in [0.2, 0.25) is 0 Å². The smallest absolute Gasteiger partial charge is 0.0670 e. The molecule has 2 fully saturated rings. The second-order valence-corrected chi connectivity index (χ2v) is 5.51. The van der Waals surface area contributed by atoms with E-state index in [1.54, 1.807) is 0 Å². The van der Waals surface area contributed by atoms with E-state index in [2.05, 4.69) is 16.8 Å². The minimum absolute atomic E-state index is 0.0872. The van der Waals surface area contributed by atoms with Gasteiger partial charge in [0, 0.05) is 32.7 Å². The molecule has 2 atom stereocenters. The fourth-order valence-electron chi connectivity index (χ4n) is 3.01. The van der Waals surface area contributed by atoms with E-state index in [-0.39, 0.29) is 12.2 Å². The molecule has 2 aliphatic rings. The first-order valence-corrected chi connectivity index (χ1v) is 6.40. The predicted octanol–water partition coefficient (Wildman–Crippen LogP) is -0.244. The van der Waals surface area contributed by atoms with Crippen molar-refractivity contribution in [1.29, 1.82) is 0 Å². The Balaban J connectivity index is 1.76. The van der Waals surface area contributed by atoms with E-state index < -0.39 is 0 Å². The summed E-state index contributed by atoms with van der Waals surface area (Å²) >= 11 is 0. The molecule has 0 aromatic rings. The van der Waals surface area contributed by atoms with Crippen molar-refractivity contribution in [2.24, 2.45) is 5.92 Å². The molecule has 4 nitrogen and oxygen atoms in total. The van der Waals surface area contributed by atoms with Gasteiger partial charge in [-0.2, -0.15) is 0 Å². The summed E-state index contributed by atoms with van der Waals surface area (Å²) in [4.78, 5) is 4.65. The summed E-state index contributed by atoms with van der Waals surface area (Å²) in [5.41, 5.74) is 0. The lowest BCUT2D eigenvalue weighted by Crippen LogP contribution is -2.46. The van der Waals surface area contributed by atoms with Crippen molar-refractivity contribution in [1.82, 2.24) is 9.80 Å². The molecular weight excluding hydrogens is 204 g/mol. The standard InChI is InChI=1S/C12H24N2O2/c1-13-7-10(6-12(16)9-13)8-14-4-2-11(15)3-5-14/h10-12,15-16H,2-9H2,1H3. The number of hydrogen-bond donors (Lipinski definition) is 2. The highest BCUT2D eigenvalue weighted by molar-refractivity contribution is 4.81. The fraction of sp³-hybridized carbons (Fsp3) is 1.00. The number of piperidine rings is 2. The Hall–Kier alpha value is -0.160. The van der Waals surface area contributed by atoms with E-state index in [1.807, 2.05) is 0 Å². The van der Waals surface area contributed by atoms with E-state index in [9.17, 15) is 10.2 Å². The summed E-state index contributed by atoms with van der Waals surface area (Å²) < 4.78 is 0. The SMILES string of the molecule is CN1CC(O)CC(CN2CCC(O)CC2)C1. The summed E-state index contributed by atoms with van der Waals surface area (Å²) in [6.07, 6.45) is 2.51. The number of rotatable bonds is 2. The molecule has 0 aliphatic carbocycles. The Labute approximate surface area is 97.9 Å². The van der Waals surface area contributed by atoms with Crippen LogP contribution in [0.5, 0.6) is 0 Å². The van der Waals surface area contributed by atoms with Gasteiger partial charge in [0.15, 0.2) is 0 Å². The number of likely N-dealkylation sites (N-methyl/N-ethyl adjacent to an activating group) is 1. The molecule has 2 N–H and O–H groups in total. The minimum atomic E-state index is -0.154. The molecule has 16 heavy (non-hydrogen) atoms. The van der Waals surface area contributed by atoms with Crippen LogP contribution in [0.25, 0.3) is 0 Å². The van der Waals surface area contributed by atoms with Gasteiger partial charge in [0.25, 0.3) is 0 Å². The van der Waals surface area contributed by atoms with Gasteiger partial charge >= 0.3 is 0 Å². The van der Waals surface area contributed by atoms with E-state index in [0.717, 1.165) is 52.0 Å². The van der Waals surface area contributed by atoms with Crippen molar-refractivity contribution in [3.8, 4) is 0 Å². The maximum Gasteiger partial charge on any atom is 0.0670 e. The maximum absolute atomic E-state index is 9.72. The molecule has 4 heteroatoms. The van der Waals surface area contributed by atoms with Gasteiger partial charge < -0.3 is 20.0 Å². The van der Waals surface area contributed by atoms with Crippen LogP contribution >= 0.6 is 0 Å². The molecule has 2 rings (SSSR count). The van der Waals surface area contributed by atoms with Crippen molar-refractivity contribution < 1.29 is 10.2 Å². The van der Waals surface area contributed by atoms with E-state index in [4.69, 9.17) is 0 Å². The van der Waals surface area contributed by atoms with Crippen molar-refractivity contribution in [2.75, 3.05) is 39.8 Å². The molecule has 0 aromatic carbocycles. The summed E-state index contributed by atoms with van der Waals surface area (Å²) in [7, 11) is 2.08. The van der Waals surface area contributed by atoms with Gasteiger partial charge in [-0.3, -0.25) is 0 Å². The van der Waals surface area contributed by atoms with Crippen LogP contribution in [-0.4, -0.2) is 72.0 Å². The first-order chi connectivity index (χ1) is 7.63. The largest absolute Gasteiger partial charge is 0.393 e. The summed E-state index contributed by atoms with van der Waals surface area (Å²) in [6, 6.07) is 0. The zero-order chi connectivity index (χ0) is 11.5. The molecule has 2 saturated heterocycles. The Morgan fingerprint density at radius 3 is 2.38 bits per heavy atom. The van der Waals surface area contributed by atoms with Gasteiger partial charge in [-0.05, 0) is 32.2 Å². The fourth-order valence-corrected chi connectivity index (χ4v) is 3.01.